The van der Waals surface area contributed by atoms with Crippen molar-refractivity contribution in [2.45, 2.75) is 25.9 Å². The first-order valence-electron chi connectivity index (χ1n) is 9.16. The van der Waals surface area contributed by atoms with Crippen molar-refractivity contribution >= 4 is 17.3 Å². The molecule has 140 valence electrons. The number of nitrogens with zero attached hydrogens (tertiary/aromatic N) is 2. The van der Waals surface area contributed by atoms with Crippen molar-refractivity contribution in [2.24, 2.45) is 10.9 Å². The van der Waals surface area contributed by atoms with Gasteiger partial charge in [0.1, 0.15) is 5.82 Å². The Hall–Kier alpha value is -1.92. The van der Waals surface area contributed by atoms with Crippen molar-refractivity contribution in [1.29, 1.82) is 0 Å². The SMILES string of the molecule is CN=C(NCc1cccc(F)c1)NCC1CCN(Cc2cccs2)CC1. The van der Waals surface area contributed by atoms with Gasteiger partial charge in [0.25, 0.3) is 0 Å². The zero-order valence-electron chi connectivity index (χ0n) is 15.2. The minimum atomic E-state index is -0.207. The molecule has 0 saturated carbocycles. The van der Waals surface area contributed by atoms with E-state index in [4.69, 9.17) is 0 Å². The third kappa shape index (κ3) is 5.81. The number of aliphatic imine (C=N–C) groups is 1. The molecule has 4 nitrogen and oxygen atoms in total. The summed E-state index contributed by atoms with van der Waals surface area (Å²) in [5.74, 6) is 1.24. The van der Waals surface area contributed by atoms with Crippen LogP contribution in [0.4, 0.5) is 4.39 Å². The number of guanidine groups is 1. The van der Waals surface area contributed by atoms with E-state index < -0.39 is 0 Å². The predicted molar refractivity (Wildman–Crippen MR) is 107 cm³/mol. The van der Waals surface area contributed by atoms with Crippen molar-refractivity contribution < 1.29 is 4.39 Å². The minimum absolute atomic E-state index is 0.207. The molecule has 0 amide bonds. The predicted octanol–water partition coefficient (Wildman–Crippen LogP) is 3.46. The van der Waals surface area contributed by atoms with Crippen LogP contribution < -0.4 is 10.6 Å². The largest absolute Gasteiger partial charge is 0.356 e. The maximum Gasteiger partial charge on any atom is 0.191 e. The first-order valence-corrected chi connectivity index (χ1v) is 10.0. The molecule has 0 unspecified atom stereocenters. The summed E-state index contributed by atoms with van der Waals surface area (Å²) < 4.78 is 13.2. The Balaban J connectivity index is 1.36. The Kier molecular flexibility index (Phi) is 7.03. The molecule has 2 heterocycles. The van der Waals surface area contributed by atoms with Gasteiger partial charge in [-0.25, -0.2) is 4.39 Å². The van der Waals surface area contributed by atoms with E-state index >= 15 is 0 Å². The van der Waals surface area contributed by atoms with Crippen molar-refractivity contribution in [1.82, 2.24) is 15.5 Å². The third-order valence-electron chi connectivity index (χ3n) is 4.80. The first-order chi connectivity index (χ1) is 12.7. The molecule has 0 spiro atoms. The standard InChI is InChI=1S/C20H27FN4S/c1-22-20(24-14-17-4-2-5-18(21)12-17)23-13-16-7-9-25(10-8-16)15-19-6-3-11-26-19/h2-6,11-12,16H,7-10,13-15H2,1H3,(H2,22,23,24). The first kappa shape index (κ1) is 18.9. The fourth-order valence-corrected chi connectivity index (χ4v) is 4.01. The Labute approximate surface area is 159 Å². The number of likely N-dealkylation sites (tertiary alicyclic amines) is 1. The maximum atomic E-state index is 13.2. The summed E-state index contributed by atoms with van der Waals surface area (Å²) in [6, 6.07) is 11.0. The Morgan fingerprint density at radius 2 is 2.08 bits per heavy atom. The van der Waals surface area contributed by atoms with Gasteiger partial charge in [0.2, 0.25) is 0 Å². The molecule has 6 heteroatoms. The minimum Gasteiger partial charge on any atom is -0.356 e. The van der Waals surface area contributed by atoms with Crippen molar-refractivity contribution in [3.05, 3.63) is 58.0 Å². The van der Waals surface area contributed by atoms with Crippen molar-refractivity contribution in [3.63, 3.8) is 0 Å². The van der Waals surface area contributed by atoms with E-state index in [-0.39, 0.29) is 5.82 Å². The van der Waals surface area contributed by atoms with Crippen LogP contribution in [0.25, 0.3) is 0 Å². The van der Waals surface area contributed by atoms with Crippen molar-refractivity contribution in [2.75, 3.05) is 26.7 Å². The summed E-state index contributed by atoms with van der Waals surface area (Å²) in [5, 5.41) is 8.81. The Morgan fingerprint density at radius 1 is 1.23 bits per heavy atom. The zero-order chi connectivity index (χ0) is 18.2. The number of hydrogen-bond acceptors (Lipinski definition) is 3. The van der Waals surface area contributed by atoms with Crippen LogP contribution in [-0.4, -0.2) is 37.5 Å². The van der Waals surface area contributed by atoms with Gasteiger partial charge in [-0.15, -0.1) is 11.3 Å². The average molecular weight is 375 g/mol. The highest BCUT2D eigenvalue weighted by atomic mass is 32.1. The van der Waals surface area contributed by atoms with E-state index in [1.807, 2.05) is 17.4 Å². The molecule has 1 fully saturated rings. The smallest absolute Gasteiger partial charge is 0.191 e. The molecule has 1 aromatic heterocycles. The van der Waals surface area contributed by atoms with E-state index in [2.05, 4.69) is 38.0 Å². The van der Waals surface area contributed by atoms with E-state index in [1.54, 1.807) is 19.2 Å². The second kappa shape index (κ2) is 9.69. The molecule has 1 aliphatic heterocycles. The normalized spacial score (nSPS) is 16.6. The summed E-state index contributed by atoms with van der Waals surface area (Å²) in [4.78, 5) is 8.26. The second-order valence-corrected chi connectivity index (χ2v) is 7.77. The van der Waals surface area contributed by atoms with Gasteiger partial charge < -0.3 is 10.6 Å². The molecular weight excluding hydrogens is 347 g/mol. The lowest BCUT2D eigenvalue weighted by atomic mass is 9.97. The summed E-state index contributed by atoms with van der Waals surface area (Å²) in [5.41, 5.74) is 0.912. The number of rotatable bonds is 6. The quantitative estimate of drug-likeness (QED) is 0.601. The van der Waals surface area contributed by atoms with Gasteiger partial charge in [-0.3, -0.25) is 9.89 Å². The molecule has 0 aliphatic carbocycles. The Bertz CT molecular complexity index is 694. The van der Waals surface area contributed by atoms with Crippen LogP contribution in [0, 0.1) is 11.7 Å². The fraction of sp³-hybridized carbons (Fsp3) is 0.450. The summed E-state index contributed by atoms with van der Waals surface area (Å²) in [6.45, 7) is 4.88. The highest BCUT2D eigenvalue weighted by molar-refractivity contribution is 7.09. The average Bonchev–Trinajstić information content (AvgIpc) is 3.16. The van der Waals surface area contributed by atoms with Crippen LogP contribution in [0.5, 0.6) is 0 Å². The van der Waals surface area contributed by atoms with Crippen LogP contribution >= 0.6 is 11.3 Å². The van der Waals surface area contributed by atoms with Gasteiger partial charge >= 0.3 is 0 Å². The molecule has 0 bridgehead atoms. The lowest BCUT2D eigenvalue weighted by molar-refractivity contribution is 0.179. The number of halogens is 1. The molecule has 3 rings (SSSR count). The van der Waals surface area contributed by atoms with Gasteiger partial charge in [0, 0.05) is 31.6 Å². The highest BCUT2D eigenvalue weighted by Crippen LogP contribution is 2.20. The topological polar surface area (TPSA) is 39.7 Å². The molecule has 1 saturated heterocycles. The maximum absolute atomic E-state index is 13.2. The van der Waals surface area contributed by atoms with E-state index in [9.17, 15) is 4.39 Å². The molecule has 2 N–H and O–H groups in total. The zero-order valence-corrected chi connectivity index (χ0v) is 16.1. The van der Waals surface area contributed by atoms with Gasteiger partial charge in [-0.05, 0) is 61.0 Å². The summed E-state index contributed by atoms with van der Waals surface area (Å²) >= 11 is 1.84. The van der Waals surface area contributed by atoms with Gasteiger partial charge in [0.05, 0.1) is 0 Å². The van der Waals surface area contributed by atoms with E-state index in [0.29, 0.717) is 12.5 Å². The van der Waals surface area contributed by atoms with Crippen molar-refractivity contribution in [3.8, 4) is 0 Å². The Morgan fingerprint density at radius 3 is 2.77 bits per heavy atom. The fourth-order valence-electron chi connectivity index (χ4n) is 3.27. The van der Waals surface area contributed by atoms with Gasteiger partial charge in [-0.1, -0.05) is 18.2 Å². The number of nitrogens with one attached hydrogen (secondary N) is 2. The summed E-state index contributed by atoms with van der Waals surface area (Å²) in [7, 11) is 1.77. The molecule has 1 aliphatic rings. The lowest BCUT2D eigenvalue weighted by Gasteiger charge is -2.32. The monoisotopic (exact) mass is 374 g/mol. The molecule has 0 radical (unpaired) electrons. The second-order valence-electron chi connectivity index (χ2n) is 6.74. The van der Waals surface area contributed by atoms with Crippen LogP contribution in [0.2, 0.25) is 0 Å². The number of thiophene rings is 1. The van der Waals surface area contributed by atoms with E-state index in [1.165, 1.54) is 23.8 Å². The lowest BCUT2D eigenvalue weighted by Crippen LogP contribution is -2.42. The molecule has 0 atom stereocenters. The van der Waals surface area contributed by atoms with Gasteiger partial charge in [0.15, 0.2) is 5.96 Å². The van der Waals surface area contributed by atoms with Crippen LogP contribution in [-0.2, 0) is 13.1 Å². The molecular formula is C20H27FN4S. The van der Waals surface area contributed by atoms with E-state index in [0.717, 1.165) is 37.7 Å². The molecule has 2 aromatic rings. The molecule has 26 heavy (non-hydrogen) atoms. The summed E-state index contributed by atoms with van der Waals surface area (Å²) in [6.07, 6.45) is 2.42. The van der Waals surface area contributed by atoms with Crippen LogP contribution in [0.15, 0.2) is 46.8 Å². The van der Waals surface area contributed by atoms with Crippen LogP contribution in [0.1, 0.15) is 23.3 Å². The molecule has 1 aromatic carbocycles. The van der Waals surface area contributed by atoms with Crippen LogP contribution in [0.3, 0.4) is 0 Å². The number of benzene rings is 1. The third-order valence-corrected chi connectivity index (χ3v) is 5.66. The number of hydrogen-bond donors (Lipinski definition) is 2. The van der Waals surface area contributed by atoms with Gasteiger partial charge in [-0.2, -0.15) is 0 Å². The number of piperidine rings is 1. The highest BCUT2D eigenvalue weighted by Gasteiger charge is 2.19.